The minimum atomic E-state index is 0.144. The van der Waals surface area contributed by atoms with Crippen LogP contribution < -0.4 is 5.32 Å². The number of hydrogen-bond acceptors (Lipinski definition) is 2. The highest BCUT2D eigenvalue weighted by Gasteiger charge is 2.26. The van der Waals surface area contributed by atoms with Crippen molar-refractivity contribution in [3.63, 3.8) is 0 Å². The molecule has 1 fully saturated rings. The van der Waals surface area contributed by atoms with E-state index in [9.17, 15) is 4.79 Å². The summed E-state index contributed by atoms with van der Waals surface area (Å²) in [5, 5.41) is 3.46. The quantitative estimate of drug-likeness (QED) is 0.944. The van der Waals surface area contributed by atoms with E-state index >= 15 is 0 Å². The molecule has 1 amide bonds. The molecule has 0 radical (unpaired) electrons. The maximum atomic E-state index is 12.9. The van der Waals surface area contributed by atoms with Crippen molar-refractivity contribution in [3.05, 3.63) is 71.8 Å². The first-order valence-electron chi connectivity index (χ1n) is 7.95. The number of amides is 1. The Morgan fingerprint density at radius 1 is 1.05 bits per heavy atom. The van der Waals surface area contributed by atoms with Gasteiger partial charge in [0.05, 0.1) is 0 Å². The van der Waals surface area contributed by atoms with Gasteiger partial charge in [-0.05, 0) is 37.1 Å². The molecule has 3 nitrogen and oxygen atoms in total. The number of rotatable bonds is 3. The largest absolute Gasteiger partial charge is 0.334 e. The van der Waals surface area contributed by atoms with Crippen molar-refractivity contribution in [1.82, 2.24) is 10.2 Å². The lowest BCUT2D eigenvalue weighted by Crippen LogP contribution is -2.45. The molecule has 3 heteroatoms. The van der Waals surface area contributed by atoms with Gasteiger partial charge in [0.25, 0.3) is 5.91 Å². The number of nitrogens with one attached hydrogen (secondary N) is 1. The Morgan fingerprint density at radius 3 is 2.45 bits per heavy atom. The van der Waals surface area contributed by atoms with Gasteiger partial charge in [0.2, 0.25) is 0 Å². The third kappa shape index (κ3) is 3.55. The summed E-state index contributed by atoms with van der Waals surface area (Å²) < 4.78 is 0. The molecule has 114 valence electrons. The predicted molar refractivity (Wildman–Crippen MR) is 88.9 cm³/mol. The van der Waals surface area contributed by atoms with Crippen molar-refractivity contribution in [3.8, 4) is 0 Å². The SMILES string of the molecule is O=C(c1ccccc1)N1CCCNCC1Cc1ccccc1. The molecular formula is C19H22N2O. The van der Waals surface area contributed by atoms with Crippen LogP contribution >= 0.6 is 0 Å². The second-order valence-electron chi connectivity index (χ2n) is 5.77. The first-order chi connectivity index (χ1) is 10.8. The van der Waals surface area contributed by atoms with Crippen LogP contribution in [-0.2, 0) is 6.42 Å². The molecule has 1 aliphatic heterocycles. The van der Waals surface area contributed by atoms with E-state index in [1.165, 1.54) is 5.56 Å². The molecule has 0 aliphatic carbocycles. The van der Waals surface area contributed by atoms with Gasteiger partial charge in [-0.1, -0.05) is 48.5 Å². The van der Waals surface area contributed by atoms with Crippen LogP contribution in [-0.4, -0.2) is 36.5 Å². The Morgan fingerprint density at radius 2 is 1.73 bits per heavy atom. The van der Waals surface area contributed by atoms with Crippen molar-refractivity contribution < 1.29 is 4.79 Å². The van der Waals surface area contributed by atoms with Crippen LogP contribution in [0.1, 0.15) is 22.3 Å². The maximum absolute atomic E-state index is 12.9. The molecule has 22 heavy (non-hydrogen) atoms. The summed E-state index contributed by atoms with van der Waals surface area (Å²) in [6, 6.07) is 20.2. The third-order valence-electron chi connectivity index (χ3n) is 4.17. The van der Waals surface area contributed by atoms with Gasteiger partial charge < -0.3 is 10.2 Å². The molecule has 1 heterocycles. The molecule has 2 aromatic rings. The standard InChI is InChI=1S/C19H22N2O/c22-19(17-10-5-2-6-11-17)21-13-7-12-20-15-18(21)14-16-8-3-1-4-9-16/h1-6,8-11,18,20H,7,12-15H2. The molecule has 0 saturated carbocycles. The number of benzene rings is 2. The summed E-state index contributed by atoms with van der Waals surface area (Å²) in [5.41, 5.74) is 2.06. The van der Waals surface area contributed by atoms with E-state index in [1.54, 1.807) is 0 Å². The van der Waals surface area contributed by atoms with E-state index in [0.717, 1.165) is 38.0 Å². The Bertz CT molecular complexity index is 597. The summed E-state index contributed by atoms with van der Waals surface area (Å²) in [6.45, 7) is 2.65. The number of carbonyl (C=O) groups excluding carboxylic acids is 1. The lowest BCUT2D eigenvalue weighted by Gasteiger charge is -2.30. The van der Waals surface area contributed by atoms with Crippen LogP contribution in [0.15, 0.2) is 60.7 Å². The van der Waals surface area contributed by atoms with Crippen molar-refractivity contribution in [1.29, 1.82) is 0 Å². The summed E-state index contributed by atoms with van der Waals surface area (Å²) in [7, 11) is 0. The molecule has 2 aromatic carbocycles. The van der Waals surface area contributed by atoms with E-state index in [4.69, 9.17) is 0 Å². The highest BCUT2D eigenvalue weighted by molar-refractivity contribution is 5.94. The summed E-state index contributed by atoms with van der Waals surface area (Å²) in [5.74, 6) is 0.144. The van der Waals surface area contributed by atoms with E-state index in [0.29, 0.717) is 0 Å². The first kappa shape index (κ1) is 14.8. The lowest BCUT2D eigenvalue weighted by atomic mass is 10.0. The van der Waals surface area contributed by atoms with Crippen molar-refractivity contribution in [2.24, 2.45) is 0 Å². The van der Waals surface area contributed by atoms with E-state index in [2.05, 4.69) is 29.6 Å². The van der Waals surface area contributed by atoms with Gasteiger partial charge in [-0.2, -0.15) is 0 Å². The molecule has 1 saturated heterocycles. The second-order valence-corrected chi connectivity index (χ2v) is 5.77. The number of carbonyl (C=O) groups is 1. The zero-order chi connectivity index (χ0) is 15.2. The average molecular weight is 294 g/mol. The first-order valence-corrected chi connectivity index (χ1v) is 7.95. The molecule has 0 bridgehead atoms. The van der Waals surface area contributed by atoms with Crippen LogP contribution in [0.5, 0.6) is 0 Å². The molecule has 1 unspecified atom stereocenters. The molecule has 3 rings (SSSR count). The fourth-order valence-electron chi connectivity index (χ4n) is 3.02. The molecule has 1 atom stereocenters. The topological polar surface area (TPSA) is 32.3 Å². The molecule has 1 aliphatic rings. The van der Waals surface area contributed by atoms with E-state index in [1.807, 2.05) is 41.3 Å². The van der Waals surface area contributed by atoms with Crippen LogP contribution in [0.25, 0.3) is 0 Å². The normalized spacial score (nSPS) is 18.7. The highest BCUT2D eigenvalue weighted by Crippen LogP contribution is 2.15. The van der Waals surface area contributed by atoms with Crippen molar-refractivity contribution in [2.75, 3.05) is 19.6 Å². The fourth-order valence-corrected chi connectivity index (χ4v) is 3.02. The van der Waals surface area contributed by atoms with Crippen LogP contribution in [0, 0.1) is 0 Å². The van der Waals surface area contributed by atoms with Crippen LogP contribution in [0.3, 0.4) is 0 Å². The Kier molecular flexibility index (Phi) is 4.86. The Hall–Kier alpha value is -2.13. The molecule has 0 aromatic heterocycles. The predicted octanol–water partition coefficient (Wildman–Crippen LogP) is 2.73. The summed E-state index contributed by atoms with van der Waals surface area (Å²) in [4.78, 5) is 14.9. The van der Waals surface area contributed by atoms with Gasteiger partial charge >= 0.3 is 0 Å². The minimum Gasteiger partial charge on any atom is -0.334 e. The maximum Gasteiger partial charge on any atom is 0.254 e. The zero-order valence-electron chi connectivity index (χ0n) is 12.7. The Balaban J connectivity index is 1.80. The molecule has 0 spiro atoms. The smallest absolute Gasteiger partial charge is 0.254 e. The Labute approximate surface area is 132 Å². The van der Waals surface area contributed by atoms with Crippen molar-refractivity contribution in [2.45, 2.75) is 18.9 Å². The highest BCUT2D eigenvalue weighted by atomic mass is 16.2. The number of nitrogens with zero attached hydrogens (tertiary/aromatic N) is 1. The summed E-state index contributed by atoms with van der Waals surface area (Å²) in [6.07, 6.45) is 1.90. The van der Waals surface area contributed by atoms with Crippen molar-refractivity contribution >= 4 is 5.91 Å². The number of hydrogen-bond donors (Lipinski definition) is 1. The minimum absolute atomic E-state index is 0.144. The lowest BCUT2D eigenvalue weighted by molar-refractivity contribution is 0.0692. The fraction of sp³-hybridized carbons (Fsp3) is 0.316. The second kappa shape index (κ2) is 7.23. The van der Waals surface area contributed by atoms with Crippen LogP contribution in [0.4, 0.5) is 0 Å². The van der Waals surface area contributed by atoms with Gasteiger partial charge in [-0.15, -0.1) is 0 Å². The third-order valence-corrected chi connectivity index (χ3v) is 4.17. The average Bonchev–Trinajstić information content (AvgIpc) is 2.81. The van der Waals surface area contributed by atoms with Gasteiger partial charge in [0.1, 0.15) is 0 Å². The zero-order valence-corrected chi connectivity index (χ0v) is 12.7. The van der Waals surface area contributed by atoms with Gasteiger partial charge in [-0.3, -0.25) is 4.79 Å². The molecule has 1 N–H and O–H groups in total. The van der Waals surface area contributed by atoms with Gasteiger partial charge in [0, 0.05) is 24.7 Å². The molecular weight excluding hydrogens is 272 g/mol. The van der Waals surface area contributed by atoms with Crippen LogP contribution in [0.2, 0.25) is 0 Å². The van der Waals surface area contributed by atoms with E-state index in [-0.39, 0.29) is 11.9 Å². The van der Waals surface area contributed by atoms with Gasteiger partial charge in [0.15, 0.2) is 0 Å². The monoisotopic (exact) mass is 294 g/mol. The summed E-state index contributed by atoms with van der Waals surface area (Å²) >= 11 is 0. The van der Waals surface area contributed by atoms with Gasteiger partial charge in [-0.25, -0.2) is 0 Å². The van der Waals surface area contributed by atoms with E-state index < -0.39 is 0 Å².